The largest absolute Gasteiger partial charge is 0.508 e. The normalized spacial score (nSPS) is 20.5. The maximum Gasteiger partial charge on any atom is 0.415 e. The summed E-state index contributed by atoms with van der Waals surface area (Å²) >= 11 is 0. The number of ether oxygens (including phenoxy) is 1. The van der Waals surface area contributed by atoms with Crippen LogP contribution in [0, 0.1) is 0 Å². The van der Waals surface area contributed by atoms with Gasteiger partial charge < -0.3 is 15.2 Å². The third kappa shape index (κ3) is 2.79. The van der Waals surface area contributed by atoms with Crippen LogP contribution in [0.5, 0.6) is 5.75 Å². The highest BCUT2D eigenvalue weighted by molar-refractivity contribution is 5.99. The van der Waals surface area contributed by atoms with Crippen molar-refractivity contribution in [3.05, 3.63) is 65.7 Å². The standard InChI is InChI=1S/C17H15NO4/c19-14-8-6-13(7-9-14)11-17(15(20)22-16(21)18-17)10-12-4-2-1-3-5-12/h1-9,19H,10-11H2,(H,18,21). The zero-order chi connectivity index (χ0) is 15.6. The van der Waals surface area contributed by atoms with Crippen molar-refractivity contribution in [2.75, 3.05) is 0 Å². The SMILES string of the molecule is O=C1NC(Cc2ccccc2)(Cc2ccc(O)cc2)C(=O)O1. The molecule has 5 heteroatoms. The summed E-state index contributed by atoms with van der Waals surface area (Å²) in [6, 6.07) is 16.0. The molecule has 3 rings (SSSR count). The minimum absolute atomic E-state index is 0.152. The van der Waals surface area contributed by atoms with E-state index < -0.39 is 17.6 Å². The lowest BCUT2D eigenvalue weighted by atomic mass is 9.85. The van der Waals surface area contributed by atoms with Crippen molar-refractivity contribution in [1.29, 1.82) is 0 Å². The third-order valence-electron chi connectivity index (χ3n) is 3.71. The Bertz CT molecular complexity index is 696. The van der Waals surface area contributed by atoms with Gasteiger partial charge in [0, 0.05) is 12.8 Å². The molecule has 1 fully saturated rings. The van der Waals surface area contributed by atoms with Crippen molar-refractivity contribution in [3.63, 3.8) is 0 Å². The Morgan fingerprint density at radius 2 is 1.50 bits per heavy atom. The van der Waals surface area contributed by atoms with Crippen LogP contribution in [0.3, 0.4) is 0 Å². The number of cyclic esters (lactones) is 2. The summed E-state index contributed by atoms with van der Waals surface area (Å²) in [7, 11) is 0. The molecule has 22 heavy (non-hydrogen) atoms. The average Bonchev–Trinajstić information content (AvgIpc) is 2.76. The fraction of sp³-hybridized carbons (Fsp3) is 0.176. The topological polar surface area (TPSA) is 75.6 Å². The second-order valence-electron chi connectivity index (χ2n) is 5.39. The first-order valence-electron chi connectivity index (χ1n) is 6.94. The highest BCUT2D eigenvalue weighted by Gasteiger charge is 2.48. The van der Waals surface area contributed by atoms with Crippen molar-refractivity contribution >= 4 is 12.1 Å². The predicted molar refractivity (Wildman–Crippen MR) is 79.3 cm³/mol. The summed E-state index contributed by atoms with van der Waals surface area (Å²) in [6.07, 6.45) is -0.0776. The molecule has 0 spiro atoms. The van der Waals surface area contributed by atoms with Crippen molar-refractivity contribution < 1.29 is 19.4 Å². The number of phenolic OH excluding ortho intramolecular Hbond substituents is 1. The van der Waals surface area contributed by atoms with Crippen molar-refractivity contribution in [2.24, 2.45) is 0 Å². The molecule has 0 bridgehead atoms. The number of phenols is 1. The van der Waals surface area contributed by atoms with E-state index in [9.17, 15) is 14.7 Å². The van der Waals surface area contributed by atoms with Crippen LogP contribution in [-0.2, 0) is 22.4 Å². The number of nitrogens with one attached hydrogen (secondary N) is 1. The molecule has 1 unspecified atom stereocenters. The van der Waals surface area contributed by atoms with Crippen LogP contribution < -0.4 is 5.32 Å². The van der Waals surface area contributed by atoms with Crippen LogP contribution in [0.4, 0.5) is 4.79 Å². The summed E-state index contributed by atoms with van der Waals surface area (Å²) in [5, 5.41) is 12.0. The van der Waals surface area contributed by atoms with Crippen LogP contribution in [0.2, 0.25) is 0 Å². The zero-order valence-corrected chi connectivity index (χ0v) is 11.8. The Balaban J connectivity index is 1.91. The average molecular weight is 297 g/mol. The lowest BCUT2D eigenvalue weighted by Gasteiger charge is -2.24. The lowest BCUT2D eigenvalue weighted by Crippen LogP contribution is -2.50. The van der Waals surface area contributed by atoms with Gasteiger partial charge in [-0.2, -0.15) is 0 Å². The second kappa shape index (κ2) is 5.52. The van der Waals surface area contributed by atoms with Crippen molar-refractivity contribution in [3.8, 4) is 5.75 Å². The number of carbonyl (C=O) groups is 2. The Hall–Kier alpha value is -2.82. The van der Waals surface area contributed by atoms with Crippen LogP contribution in [-0.4, -0.2) is 22.7 Å². The molecule has 0 aliphatic carbocycles. The first kappa shape index (κ1) is 14.1. The predicted octanol–water partition coefficient (Wildman–Crippen LogP) is 2.18. The number of esters is 1. The van der Waals surface area contributed by atoms with Gasteiger partial charge in [-0.15, -0.1) is 0 Å². The van der Waals surface area contributed by atoms with E-state index >= 15 is 0 Å². The quantitative estimate of drug-likeness (QED) is 0.670. The van der Waals surface area contributed by atoms with E-state index in [1.165, 1.54) is 0 Å². The molecule has 2 N–H and O–H groups in total. The first-order chi connectivity index (χ1) is 10.6. The molecule has 0 aromatic heterocycles. The molecule has 2 aromatic carbocycles. The summed E-state index contributed by atoms with van der Waals surface area (Å²) < 4.78 is 4.71. The van der Waals surface area contributed by atoms with E-state index in [4.69, 9.17) is 4.74 Å². The van der Waals surface area contributed by atoms with Gasteiger partial charge in [-0.1, -0.05) is 42.5 Å². The van der Waals surface area contributed by atoms with Crippen LogP contribution in [0.25, 0.3) is 0 Å². The molecule has 1 aliphatic heterocycles. The molecular formula is C17H15NO4. The summed E-state index contributed by atoms with van der Waals surface area (Å²) in [5.74, 6) is -0.423. The van der Waals surface area contributed by atoms with Gasteiger partial charge in [0.25, 0.3) is 0 Å². The highest BCUT2D eigenvalue weighted by Crippen LogP contribution is 2.26. The molecule has 112 valence electrons. The molecule has 1 aliphatic rings. The van der Waals surface area contributed by atoms with Crippen molar-refractivity contribution in [2.45, 2.75) is 18.4 Å². The third-order valence-corrected chi connectivity index (χ3v) is 3.71. The molecule has 1 atom stereocenters. The monoisotopic (exact) mass is 297 g/mol. The molecule has 0 saturated carbocycles. The van der Waals surface area contributed by atoms with E-state index in [0.29, 0.717) is 12.8 Å². The van der Waals surface area contributed by atoms with Gasteiger partial charge in [-0.05, 0) is 23.3 Å². The Labute approximate surface area is 127 Å². The van der Waals surface area contributed by atoms with Crippen LogP contribution >= 0.6 is 0 Å². The minimum atomic E-state index is -1.12. The summed E-state index contributed by atoms with van der Waals surface area (Å²) in [4.78, 5) is 23.7. The fourth-order valence-corrected chi connectivity index (χ4v) is 2.66. The summed E-state index contributed by atoms with van der Waals surface area (Å²) in [6.45, 7) is 0. The molecular weight excluding hydrogens is 282 g/mol. The van der Waals surface area contributed by atoms with E-state index in [1.54, 1.807) is 24.3 Å². The van der Waals surface area contributed by atoms with Crippen LogP contribution in [0.15, 0.2) is 54.6 Å². The Morgan fingerprint density at radius 1 is 0.909 bits per heavy atom. The second-order valence-corrected chi connectivity index (χ2v) is 5.39. The molecule has 1 heterocycles. The zero-order valence-electron chi connectivity index (χ0n) is 11.8. The minimum Gasteiger partial charge on any atom is -0.508 e. The van der Waals surface area contributed by atoms with E-state index in [1.807, 2.05) is 30.3 Å². The van der Waals surface area contributed by atoms with Gasteiger partial charge >= 0.3 is 12.1 Å². The number of amides is 1. The van der Waals surface area contributed by atoms with Crippen LogP contribution in [0.1, 0.15) is 11.1 Å². The van der Waals surface area contributed by atoms with Gasteiger partial charge in [0.05, 0.1) is 0 Å². The van der Waals surface area contributed by atoms with Gasteiger partial charge in [-0.25, -0.2) is 9.59 Å². The van der Waals surface area contributed by atoms with E-state index in [2.05, 4.69) is 5.32 Å². The number of hydrogen-bond donors (Lipinski definition) is 2. The maximum absolute atomic E-state index is 12.2. The lowest BCUT2D eigenvalue weighted by molar-refractivity contribution is -0.139. The van der Waals surface area contributed by atoms with Crippen molar-refractivity contribution in [1.82, 2.24) is 5.32 Å². The fourth-order valence-electron chi connectivity index (χ4n) is 2.66. The smallest absolute Gasteiger partial charge is 0.415 e. The number of carbonyl (C=O) groups excluding carboxylic acids is 2. The number of benzene rings is 2. The number of alkyl carbamates (subject to hydrolysis) is 1. The molecule has 5 nitrogen and oxygen atoms in total. The molecule has 2 aromatic rings. The maximum atomic E-state index is 12.2. The summed E-state index contributed by atoms with van der Waals surface area (Å²) in [5.41, 5.74) is 0.642. The van der Waals surface area contributed by atoms with E-state index in [-0.39, 0.29) is 5.75 Å². The number of aromatic hydroxyl groups is 1. The molecule has 1 saturated heterocycles. The first-order valence-corrected chi connectivity index (χ1v) is 6.94. The number of rotatable bonds is 4. The van der Waals surface area contributed by atoms with Gasteiger partial charge in [-0.3, -0.25) is 0 Å². The van der Waals surface area contributed by atoms with Gasteiger partial charge in [0.1, 0.15) is 11.3 Å². The van der Waals surface area contributed by atoms with E-state index in [0.717, 1.165) is 11.1 Å². The number of hydrogen-bond acceptors (Lipinski definition) is 4. The molecule has 1 amide bonds. The van der Waals surface area contributed by atoms with Gasteiger partial charge in [0.2, 0.25) is 0 Å². The van der Waals surface area contributed by atoms with Gasteiger partial charge in [0.15, 0.2) is 0 Å². The Morgan fingerprint density at radius 3 is 2.05 bits per heavy atom. The highest BCUT2D eigenvalue weighted by atomic mass is 16.6. The molecule has 0 radical (unpaired) electrons. The Kier molecular flexibility index (Phi) is 3.55.